The standard InChI is InChI=1S/C15H21ClN2O3/c1-11(2)10-21-8-7-14(19)17-9-15(20)18-13-5-3-12(16)4-6-13/h3-6,11H,7-10H2,1-2H3,(H,17,19)(H,18,20). The molecule has 2 N–H and O–H groups in total. The summed E-state index contributed by atoms with van der Waals surface area (Å²) < 4.78 is 5.31. The summed E-state index contributed by atoms with van der Waals surface area (Å²) in [5, 5.41) is 5.81. The fourth-order valence-electron chi connectivity index (χ4n) is 1.49. The van der Waals surface area contributed by atoms with Crippen LogP contribution in [0.25, 0.3) is 0 Å². The average Bonchev–Trinajstić information content (AvgIpc) is 2.44. The number of halogens is 1. The molecule has 1 aromatic carbocycles. The van der Waals surface area contributed by atoms with Gasteiger partial charge in [-0.1, -0.05) is 25.4 Å². The lowest BCUT2D eigenvalue weighted by atomic mass is 10.2. The van der Waals surface area contributed by atoms with Crippen molar-refractivity contribution in [1.82, 2.24) is 5.32 Å². The van der Waals surface area contributed by atoms with Crippen molar-refractivity contribution in [3.8, 4) is 0 Å². The molecule has 0 radical (unpaired) electrons. The van der Waals surface area contributed by atoms with Crippen molar-refractivity contribution in [3.05, 3.63) is 29.3 Å². The van der Waals surface area contributed by atoms with Gasteiger partial charge in [-0.2, -0.15) is 0 Å². The maximum atomic E-state index is 11.6. The fraction of sp³-hybridized carbons (Fsp3) is 0.467. The van der Waals surface area contributed by atoms with E-state index in [1.54, 1.807) is 24.3 Å². The summed E-state index contributed by atoms with van der Waals surface area (Å²) in [6.45, 7) is 5.02. The van der Waals surface area contributed by atoms with Crippen LogP contribution in [0.15, 0.2) is 24.3 Å². The van der Waals surface area contributed by atoms with Crippen molar-refractivity contribution in [2.24, 2.45) is 5.92 Å². The van der Waals surface area contributed by atoms with Gasteiger partial charge in [-0.05, 0) is 30.2 Å². The first kappa shape index (κ1) is 17.5. The second-order valence-electron chi connectivity index (χ2n) is 5.05. The predicted molar refractivity (Wildman–Crippen MR) is 83.4 cm³/mol. The van der Waals surface area contributed by atoms with E-state index in [4.69, 9.17) is 16.3 Å². The molecule has 6 heteroatoms. The number of ether oxygens (including phenoxy) is 1. The van der Waals surface area contributed by atoms with E-state index in [1.807, 2.05) is 13.8 Å². The SMILES string of the molecule is CC(C)COCCC(=O)NCC(=O)Nc1ccc(Cl)cc1. The van der Waals surface area contributed by atoms with Crippen molar-refractivity contribution in [2.75, 3.05) is 25.1 Å². The van der Waals surface area contributed by atoms with Gasteiger partial charge in [-0.15, -0.1) is 0 Å². The van der Waals surface area contributed by atoms with Crippen LogP contribution in [0.1, 0.15) is 20.3 Å². The van der Waals surface area contributed by atoms with Crippen LogP contribution in [0.4, 0.5) is 5.69 Å². The molecule has 0 aliphatic carbocycles. The number of nitrogens with one attached hydrogen (secondary N) is 2. The lowest BCUT2D eigenvalue weighted by molar-refractivity contribution is -0.125. The van der Waals surface area contributed by atoms with Gasteiger partial charge in [-0.25, -0.2) is 0 Å². The summed E-state index contributed by atoms with van der Waals surface area (Å²) in [6, 6.07) is 6.76. The molecule has 116 valence electrons. The molecular weight excluding hydrogens is 292 g/mol. The van der Waals surface area contributed by atoms with Gasteiger partial charge in [0, 0.05) is 23.7 Å². The van der Waals surface area contributed by atoms with Gasteiger partial charge in [0.05, 0.1) is 13.2 Å². The lowest BCUT2D eigenvalue weighted by Crippen LogP contribution is -2.33. The third-order valence-corrected chi connectivity index (χ3v) is 2.75. The fourth-order valence-corrected chi connectivity index (χ4v) is 1.62. The minimum Gasteiger partial charge on any atom is -0.381 e. The molecule has 0 heterocycles. The normalized spacial score (nSPS) is 10.5. The molecule has 5 nitrogen and oxygen atoms in total. The molecule has 0 unspecified atom stereocenters. The number of anilines is 1. The molecule has 1 aromatic rings. The van der Waals surface area contributed by atoms with Crippen LogP contribution in [-0.4, -0.2) is 31.6 Å². The molecule has 0 aliphatic heterocycles. The lowest BCUT2D eigenvalue weighted by Gasteiger charge is -2.08. The number of carbonyl (C=O) groups is 2. The minimum atomic E-state index is -0.284. The van der Waals surface area contributed by atoms with Crippen molar-refractivity contribution in [2.45, 2.75) is 20.3 Å². The molecule has 2 amide bonds. The molecule has 1 rings (SSSR count). The Hall–Kier alpha value is -1.59. The van der Waals surface area contributed by atoms with E-state index < -0.39 is 0 Å². The predicted octanol–water partition coefficient (Wildman–Crippen LogP) is 2.46. The van der Waals surface area contributed by atoms with Crippen molar-refractivity contribution in [1.29, 1.82) is 0 Å². The summed E-state index contributed by atoms with van der Waals surface area (Å²) in [4.78, 5) is 23.1. The molecule has 0 spiro atoms. The largest absolute Gasteiger partial charge is 0.381 e. The van der Waals surface area contributed by atoms with E-state index in [0.717, 1.165) is 0 Å². The van der Waals surface area contributed by atoms with Crippen molar-refractivity contribution in [3.63, 3.8) is 0 Å². The first-order valence-corrected chi connectivity index (χ1v) is 7.25. The van der Waals surface area contributed by atoms with Crippen molar-refractivity contribution < 1.29 is 14.3 Å². The van der Waals surface area contributed by atoms with Crippen LogP contribution < -0.4 is 10.6 Å². The number of amides is 2. The first-order valence-electron chi connectivity index (χ1n) is 6.87. The van der Waals surface area contributed by atoms with Crippen molar-refractivity contribution >= 4 is 29.1 Å². The number of hydrogen-bond acceptors (Lipinski definition) is 3. The zero-order valence-electron chi connectivity index (χ0n) is 12.3. The van der Waals surface area contributed by atoms with E-state index in [1.165, 1.54) is 0 Å². The van der Waals surface area contributed by atoms with Crippen LogP contribution in [0, 0.1) is 5.92 Å². The van der Waals surface area contributed by atoms with Gasteiger partial charge in [-0.3, -0.25) is 9.59 Å². The Morgan fingerprint density at radius 1 is 1.19 bits per heavy atom. The summed E-state index contributed by atoms with van der Waals surface area (Å²) >= 11 is 5.75. The molecule has 0 aromatic heterocycles. The number of rotatable bonds is 8. The Morgan fingerprint density at radius 2 is 1.86 bits per heavy atom. The smallest absolute Gasteiger partial charge is 0.243 e. The van der Waals surface area contributed by atoms with Gasteiger partial charge in [0.2, 0.25) is 11.8 Å². The maximum absolute atomic E-state index is 11.6. The molecule has 21 heavy (non-hydrogen) atoms. The second kappa shape index (κ2) is 9.37. The Morgan fingerprint density at radius 3 is 2.48 bits per heavy atom. The topological polar surface area (TPSA) is 67.4 Å². The minimum absolute atomic E-state index is 0.0638. The Labute approximate surface area is 130 Å². The quantitative estimate of drug-likeness (QED) is 0.725. The van der Waals surface area contributed by atoms with Gasteiger partial charge in [0.25, 0.3) is 0 Å². The van der Waals surface area contributed by atoms with Gasteiger partial charge >= 0.3 is 0 Å². The molecule has 0 aliphatic rings. The summed E-state index contributed by atoms with van der Waals surface area (Å²) in [6.07, 6.45) is 0.251. The Balaban J connectivity index is 2.17. The van der Waals surface area contributed by atoms with E-state index in [9.17, 15) is 9.59 Å². The van der Waals surface area contributed by atoms with Gasteiger partial charge < -0.3 is 15.4 Å². The zero-order valence-corrected chi connectivity index (χ0v) is 13.1. The number of hydrogen-bond donors (Lipinski definition) is 2. The number of carbonyl (C=O) groups excluding carboxylic acids is 2. The average molecular weight is 313 g/mol. The molecule has 0 atom stereocenters. The summed E-state index contributed by atoms with van der Waals surface area (Å²) in [5.41, 5.74) is 0.638. The number of benzene rings is 1. The molecule has 0 saturated heterocycles. The Kier molecular flexibility index (Phi) is 7.79. The van der Waals surface area contributed by atoms with Crippen LogP contribution >= 0.6 is 11.6 Å². The van der Waals surface area contributed by atoms with E-state index >= 15 is 0 Å². The first-order chi connectivity index (χ1) is 9.97. The highest BCUT2D eigenvalue weighted by atomic mass is 35.5. The molecule has 0 bridgehead atoms. The van der Waals surface area contributed by atoms with E-state index in [0.29, 0.717) is 29.8 Å². The van der Waals surface area contributed by atoms with Gasteiger partial charge in [0.15, 0.2) is 0 Å². The molecule has 0 fully saturated rings. The molecule has 0 saturated carbocycles. The maximum Gasteiger partial charge on any atom is 0.243 e. The van der Waals surface area contributed by atoms with E-state index in [-0.39, 0.29) is 24.8 Å². The monoisotopic (exact) mass is 312 g/mol. The summed E-state index contributed by atoms with van der Waals surface area (Å²) in [7, 11) is 0. The van der Waals surface area contributed by atoms with Crippen LogP contribution in [0.5, 0.6) is 0 Å². The van der Waals surface area contributed by atoms with Gasteiger partial charge in [0.1, 0.15) is 0 Å². The highest BCUT2D eigenvalue weighted by Gasteiger charge is 2.06. The highest BCUT2D eigenvalue weighted by Crippen LogP contribution is 2.12. The molecular formula is C15H21ClN2O3. The highest BCUT2D eigenvalue weighted by molar-refractivity contribution is 6.30. The van der Waals surface area contributed by atoms with Crippen LogP contribution in [0.2, 0.25) is 5.02 Å². The Bertz CT molecular complexity index is 460. The van der Waals surface area contributed by atoms with E-state index in [2.05, 4.69) is 10.6 Å². The second-order valence-corrected chi connectivity index (χ2v) is 5.49. The summed E-state index contributed by atoms with van der Waals surface area (Å²) in [5.74, 6) is -0.0444. The third-order valence-electron chi connectivity index (χ3n) is 2.50. The van der Waals surface area contributed by atoms with Crippen LogP contribution in [-0.2, 0) is 14.3 Å². The third kappa shape index (κ3) is 8.32. The van der Waals surface area contributed by atoms with Crippen LogP contribution in [0.3, 0.4) is 0 Å². The zero-order chi connectivity index (χ0) is 15.7.